The van der Waals surface area contributed by atoms with Crippen LogP contribution in [0, 0.1) is 11.3 Å². The maximum absolute atomic E-state index is 11.4. The zero-order valence-electron chi connectivity index (χ0n) is 18.2. The van der Waals surface area contributed by atoms with Crippen LogP contribution in [-0.2, 0) is 0 Å². The summed E-state index contributed by atoms with van der Waals surface area (Å²) in [5.74, 6) is 0.522. The normalized spacial score (nSPS) is 16.4. The van der Waals surface area contributed by atoms with Gasteiger partial charge in [-0.3, -0.25) is 5.32 Å². The van der Waals surface area contributed by atoms with Crippen LogP contribution in [0.25, 0.3) is 5.65 Å². The largest absolute Gasteiger partial charge is 0.465 e. The molecule has 1 aliphatic carbocycles. The van der Waals surface area contributed by atoms with E-state index in [4.69, 9.17) is 0 Å². The van der Waals surface area contributed by atoms with E-state index in [-0.39, 0.29) is 0 Å². The summed E-state index contributed by atoms with van der Waals surface area (Å²) >= 11 is 0. The Kier molecular flexibility index (Phi) is 5.35. The van der Waals surface area contributed by atoms with Crippen LogP contribution in [-0.4, -0.2) is 70.0 Å². The standard InChI is InChI=1S/C22H25N9O2/c1-29-6-8-30(9-7-29)19-5-4-15(10-17(19)27-22(32)33)26-20-11-18(25-14-2-3-14)21-24-13-16(12-23)31(21)28-20/h4-5,10-11,13-14,25,27H,2-3,6-9H2,1H3,(H,26,28)(H,32,33). The lowest BCUT2D eigenvalue weighted by Gasteiger charge is -2.35. The monoisotopic (exact) mass is 447 g/mol. The average molecular weight is 448 g/mol. The second-order valence-electron chi connectivity index (χ2n) is 8.43. The molecule has 5 rings (SSSR count). The quantitative estimate of drug-likeness (QED) is 0.450. The molecule has 1 saturated heterocycles. The molecule has 1 aromatic carbocycles. The number of benzene rings is 1. The Bertz CT molecular complexity index is 1240. The highest BCUT2D eigenvalue weighted by molar-refractivity contribution is 5.90. The molecule has 0 bridgehead atoms. The van der Waals surface area contributed by atoms with Crippen molar-refractivity contribution in [3.8, 4) is 6.07 Å². The minimum atomic E-state index is -1.12. The molecule has 1 aliphatic heterocycles. The third kappa shape index (κ3) is 4.47. The molecule has 4 N–H and O–H groups in total. The van der Waals surface area contributed by atoms with Gasteiger partial charge in [-0.1, -0.05) is 0 Å². The Morgan fingerprint density at radius 3 is 2.67 bits per heavy atom. The van der Waals surface area contributed by atoms with Crippen molar-refractivity contribution in [3.05, 3.63) is 36.2 Å². The van der Waals surface area contributed by atoms with Crippen LogP contribution < -0.4 is 20.9 Å². The number of carboxylic acid groups (broad SMARTS) is 1. The number of hydrogen-bond donors (Lipinski definition) is 4. The van der Waals surface area contributed by atoms with E-state index in [2.05, 4.69) is 48.9 Å². The Morgan fingerprint density at radius 1 is 1.18 bits per heavy atom. The van der Waals surface area contributed by atoms with Gasteiger partial charge in [-0.05, 0) is 38.1 Å². The average Bonchev–Trinajstić information content (AvgIpc) is 3.50. The van der Waals surface area contributed by atoms with Crippen LogP contribution in [0.1, 0.15) is 18.5 Å². The molecule has 0 atom stereocenters. The summed E-state index contributed by atoms with van der Waals surface area (Å²) < 4.78 is 1.52. The summed E-state index contributed by atoms with van der Waals surface area (Å²) in [6.07, 6.45) is 2.58. The van der Waals surface area contributed by atoms with Gasteiger partial charge in [0.15, 0.2) is 17.2 Å². The molecule has 1 amide bonds. The van der Waals surface area contributed by atoms with Crippen LogP contribution in [0.15, 0.2) is 30.5 Å². The number of anilines is 5. The molecule has 3 heterocycles. The van der Waals surface area contributed by atoms with E-state index in [1.54, 1.807) is 6.07 Å². The van der Waals surface area contributed by atoms with Crippen LogP contribution in [0.3, 0.4) is 0 Å². The topological polar surface area (TPSA) is 134 Å². The maximum atomic E-state index is 11.4. The van der Waals surface area contributed by atoms with Gasteiger partial charge in [-0.25, -0.2) is 9.78 Å². The zero-order chi connectivity index (χ0) is 22.9. The number of carbonyl (C=O) groups is 1. The highest BCUT2D eigenvalue weighted by atomic mass is 16.4. The van der Waals surface area contributed by atoms with Crippen molar-refractivity contribution in [2.45, 2.75) is 18.9 Å². The van der Waals surface area contributed by atoms with Crippen molar-refractivity contribution in [1.82, 2.24) is 19.5 Å². The number of fused-ring (bicyclic) bond motifs is 1. The lowest BCUT2D eigenvalue weighted by Crippen LogP contribution is -2.44. The van der Waals surface area contributed by atoms with Crippen molar-refractivity contribution in [2.75, 3.05) is 54.1 Å². The molecule has 33 heavy (non-hydrogen) atoms. The van der Waals surface area contributed by atoms with Crippen LogP contribution >= 0.6 is 0 Å². The molecular weight excluding hydrogens is 422 g/mol. The second kappa shape index (κ2) is 8.48. The maximum Gasteiger partial charge on any atom is 0.409 e. The SMILES string of the molecule is CN1CCN(c2ccc(Nc3cc(NC4CC4)c4ncc(C#N)n4n3)cc2NC(=O)O)CC1. The van der Waals surface area contributed by atoms with Crippen LogP contribution in [0.4, 0.5) is 33.4 Å². The Hall–Kier alpha value is -4.04. The number of hydrogen-bond acceptors (Lipinski definition) is 8. The number of amides is 1. The number of nitrogens with one attached hydrogen (secondary N) is 3. The van der Waals surface area contributed by atoms with E-state index >= 15 is 0 Å². The van der Waals surface area contributed by atoms with Gasteiger partial charge in [-0.2, -0.15) is 9.78 Å². The number of nitriles is 1. The molecule has 11 nitrogen and oxygen atoms in total. The molecule has 2 aromatic heterocycles. The van der Waals surface area contributed by atoms with Gasteiger partial charge < -0.3 is 25.5 Å². The molecule has 1 saturated carbocycles. The molecule has 0 radical (unpaired) electrons. The summed E-state index contributed by atoms with van der Waals surface area (Å²) in [5.41, 5.74) is 3.77. The smallest absolute Gasteiger partial charge is 0.409 e. The molecule has 11 heteroatoms. The van der Waals surface area contributed by atoms with Gasteiger partial charge in [0, 0.05) is 44.0 Å². The minimum Gasteiger partial charge on any atom is -0.465 e. The van der Waals surface area contributed by atoms with E-state index in [1.165, 1.54) is 10.7 Å². The summed E-state index contributed by atoms with van der Waals surface area (Å²) in [4.78, 5) is 20.2. The first-order valence-corrected chi connectivity index (χ1v) is 10.9. The Labute approximate surface area is 190 Å². The minimum absolute atomic E-state index is 0.339. The first kappa shape index (κ1) is 20.8. The van der Waals surface area contributed by atoms with Gasteiger partial charge in [0.2, 0.25) is 0 Å². The fraction of sp³-hybridized carbons (Fsp3) is 0.364. The van der Waals surface area contributed by atoms with Crippen LogP contribution in [0.5, 0.6) is 0 Å². The van der Waals surface area contributed by atoms with Gasteiger partial charge in [-0.15, -0.1) is 5.10 Å². The van der Waals surface area contributed by atoms with Gasteiger partial charge in [0.1, 0.15) is 6.07 Å². The molecular formula is C22H25N9O2. The Morgan fingerprint density at radius 2 is 1.97 bits per heavy atom. The van der Waals surface area contributed by atoms with Crippen molar-refractivity contribution in [2.24, 2.45) is 0 Å². The van der Waals surface area contributed by atoms with E-state index in [1.807, 2.05) is 18.2 Å². The number of piperazine rings is 1. The molecule has 0 unspecified atom stereocenters. The third-order valence-electron chi connectivity index (χ3n) is 5.87. The number of rotatable bonds is 6. The number of aromatic nitrogens is 3. The summed E-state index contributed by atoms with van der Waals surface area (Å²) in [6.45, 7) is 3.48. The van der Waals surface area contributed by atoms with Crippen molar-refractivity contribution >= 4 is 40.3 Å². The predicted molar refractivity (Wildman–Crippen MR) is 125 cm³/mol. The van der Waals surface area contributed by atoms with Gasteiger partial charge >= 0.3 is 6.09 Å². The molecule has 3 aromatic rings. The molecule has 170 valence electrons. The third-order valence-corrected chi connectivity index (χ3v) is 5.87. The number of likely N-dealkylation sites (N-methyl/N-ethyl adjacent to an activating group) is 1. The van der Waals surface area contributed by atoms with Gasteiger partial charge in [0.05, 0.1) is 23.3 Å². The highest BCUT2D eigenvalue weighted by Crippen LogP contribution is 2.33. The molecule has 2 fully saturated rings. The summed E-state index contributed by atoms with van der Waals surface area (Å²) in [5, 5.41) is 32.5. The fourth-order valence-corrected chi connectivity index (χ4v) is 3.96. The molecule has 2 aliphatic rings. The molecule has 0 spiro atoms. The lowest BCUT2D eigenvalue weighted by atomic mass is 10.2. The fourth-order valence-electron chi connectivity index (χ4n) is 3.96. The number of imidazole rings is 1. The van der Waals surface area contributed by atoms with Gasteiger partial charge in [0.25, 0.3) is 0 Å². The van der Waals surface area contributed by atoms with Crippen LogP contribution in [0.2, 0.25) is 0 Å². The Balaban J connectivity index is 1.47. The van der Waals surface area contributed by atoms with Crippen molar-refractivity contribution in [1.29, 1.82) is 5.26 Å². The highest BCUT2D eigenvalue weighted by Gasteiger charge is 2.23. The lowest BCUT2D eigenvalue weighted by molar-refractivity contribution is 0.209. The van der Waals surface area contributed by atoms with E-state index in [0.717, 1.165) is 50.4 Å². The van der Waals surface area contributed by atoms with E-state index in [0.29, 0.717) is 34.6 Å². The zero-order valence-corrected chi connectivity index (χ0v) is 18.2. The van der Waals surface area contributed by atoms with E-state index < -0.39 is 6.09 Å². The van der Waals surface area contributed by atoms with E-state index in [9.17, 15) is 15.2 Å². The van der Waals surface area contributed by atoms with Crippen molar-refractivity contribution in [3.63, 3.8) is 0 Å². The number of nitrogens with zero attached hydrogens (tertiary/aromatic N) is 6. The predicted octanol–water partition coefficient (Wildman–Crippen LogP) is 2.76. The second-order valence-corrected chi connectivity index (χ2v) is 8.43. The van der Waals surface area contributed by atoms with Crippen molar-refractivity contribution < 1.29 is 9.90 Å². The first-order valence-electron chi connectivity index (χ1n) is 10.9. The summed E-state index contributed by atoms with van der Waals surface area (Å²) in [6, 6.07) is 9.96. The first-order chi connectivity index (χ1) is 16.0. The summed E-state index contributed by atoms with van der Waals surface area (Å²) in [7, 11) is 2.08.